The summed E-state index contributed by atoms with van der Waals surface area (Å²) in [6.45, 7) is 0. The lowest BCUT2D eigenvalue weighted by Crippen LogP contribution is -1.99. The molecule has 0 saturated carbocycles. The number of aryl methyl sites for hydroxylation is 1. The first-order valence-corrected chi connectivity index (χ1v) is 7.72. The maximum atomic E-state index is 6.47. The molecule has 3 nitrogen and oxygen atoms in total. The molecule has 0 unspecified atom stereocenters. The van der Waals surface area contributed by atoms with Crippen LogP contribution >= 0.6 is 27.5 Å². The lowest BCUT2D eigenvalue weighted by Gasteiger charge is -2.05. The predicted octanol–water partition coefficient (Wildman–Crippen LogP) is 4.30. The number of nitrogens with zero attached hydrogens (tertiary/aromatic N) is 3. The minimum Gasteiger partial charge on any atom is -0.233 e. The van der Waals surface area contributed by atoms with E-state index >= 15 is 0 Å². The number of fused-ring (bicyclic) bond motifs is 2. The van der Waals surface area contributed by atoms with Crippen LogP contribution in [0.1, 0.15) is 17.7 Å². The van der Waals surface area contributed by atoms with Crippen LogP contribution in [0, 0.1) is 0 Å². The van der Waals surface area contributed by atoms with Gasteiger partial charge >= 0.3 is 0 Å². The van der Waals surface area contributed by atoms with Crippen LogP contribution in [0.4, 0.5) is 0 Å². The monoisotopic (exact) mass is 347 g/mol. The molecular weight excluding hydrogens is 338 g/mol. The summed E-state index contributed by atoms with van der Waals surface area (Å²) in [6, 6.07) is 8.15. The molecule has 20 heavy (non-hydrogen) atoms. The van der Waals surface area contributed by atoms with Gasteiger partial charge in [-0.1, -0.05) is 39.7 Å². The third-order valence-corrected chi connectivity index (χ3v) is 4.63. The summed E-state index contributed by atoms with van der Waals surface area (Å²) in [6.07, 6.45) is 4.98. The Balaban J connectivity index is 2.00. The number of halogens is 2. The Morgan fingerprint density at radius 1 is 1.25 bits per heavy atom. The normalized spacial score (nSPS) is 13.9. The first-order chi connectivity index (χ1) is 9.74. The predicted molar refractivity (Wildman–Crippen MR) is 83.2 cm³/mol. The summed E-state index contributed by atoms with van der Waals surface area (Å²) in [4.78, 5) is 4.78. The number of rotatable bonds is 1. The molecule has 0 aliphatic heterocycles. The van der Waals surface area contributed by atoms with Crippen molar-refractivity contribution in [1.29, 1.82) is 0 Å². The SMILES string of the molecule is Clc1c2c(nc3c(-c4cccc(Br)c4)cnn13)CCC2. The van der Waals surface area contributed by atoms with Gasteiger partial charge in [-0.05, 0) is 37.0 Å². The molecule has 5 heteroatoms. The third kappa shape index (κ3) is 1.79. The first-order valence-electron chi connectivity index (χ1n) is 6.55. The molecule has 0 radical (unpaired) electrons. The molecule has 0 atom stereocenters. The van der Waals surface area contributed by atoms with Crippen LogP contribution in [-0.2, 0) is 12.8 Å². The fourth-order valence-corrected chi connectivity index (χ4v) is 3.51. The molecule has 1 aromatic carbocycles. The van der Waals surface area contributed by atoms with Gasteiger partial charge in [-0.15, -0.1) is 0 Å². The minimum absolute atomic E-state index is 0.712. The molecule has 100 valence electrons. The smallest absolute Gasteiger partial charge is 0.164 e. The summed E-state index contributed by atoms with van der Waals surface area (Å²) in [5, 5.41) is 5.12. The van der Waals surface area contributed by atoms with E-state index in [4.69, 9.17) is 16.6 Å². The molecule has 0 fully saturated rings. The highest BCUT2D eigenvalue weighted by atomic mass is 79.9. The van der Waals surface area contributed by atoms with E-state index in [1.165, 1.54) is 0 Å². The Morgan fingerprint density at radius 2 is 2.15 bits per heavy atom. The van der Waals surface area contributed by atoms with Gasteiger partial charge in [0.1, 0.15) is 5.15 Å². The van der Waals surface area contributed by atoms with E-state index < -0.39 is 0 Å². The summed E-state index contributed by atoms with van der Waals surface area (Å²) in [7, 11) is 0. The largest absolute Gasteiger partial charge is 0.233 e. The highest BCUT2D eigenvalue weighted by molar-refractivity contribution is 9.10. The van der Waals surface area contributed by atoms with Crippen molar-refractivity contribution in [3.8, 4) is 11.1 Å². The van der Waals surface area contributed by atoms with Gasteiger partial charge in [-0.3, -0.25) is 0 Å². The highest BCUT2D eigenvalue weighted by Crippen LogP contribution is 2.32. The van der Waals surface area contributed by atoms with E-state index in [1.807, 2.05) is 18.3 Å². The van der Waals surface area contributed by atoms with Crippen molar-refractivity contribution in [2.45, 2.75) is 19.3 Å². The highest BCUT2D eigenvalue weighted by Gasteiger charge is 2.21. The van der Waals surface area contributed by atoms with Crippen LogP contribution in [0.3, 0.4) is 0 Å². The van der Waals surface area contributed by atoms with Gasteiger partial charge in [0, 0.05) is 21.3 Å². The van der Waals surface area contributed by atoms with Gasteiger partial charge in [0.05, 0.1) is 6.20 Å². The Morgan fingerprint density at radius 3 is 3.00 bits per heavy atom. The lowest BCUT2D eigenvalue weighted by atomic mass is 10.1. The van der Waals surface area contributed by atoms with E-state index in [2.05, 4.69) is 33.2 Å². The number of hydrogen-bond donors (Lipinski definition) is 0. The Hall–Kier alpha value is -1.39. The molecular formula is C15H11BrClN3. The van der Waals surface area contributed by atoms with Crippen LogP contribution in [0.5, 0.6) is 0 Å². The van der Waals surface area contributed by atoms with Crippen molar-refractivity contribution in [3.05, 3.63) is 51.3 Å². The average molecular weight is 349 g/mol. The zero-order chi connectivity index (χ0) is 13.7. The topological polar surface area (TPSA) is 30.2 Å². The molecule has 4 rings (SSSR count). The fourth-order valence-electron chi connectivity index (χ4n) is 2.78. The second kappa shape index (κ2) is 4.57. The second-order valence-electron chi connectivity index (χ2n) is 4.99. The van der Waals surface area contributed by atoms with Crippen molar-refractivity contribution in [2.24, 2.45) is 0 Å². The van der Waals surface area contributed by atoms with E-state index in [0.29, 0.717) is 5.15 Å². The van der Waals surface area contributed by atoms with Gasteiger partial charge in [0.2, 0.25) is 0 Å². The van der Waals surface area contributed by atoms with Gasteiger partial charge in [-0.2, -0.15) is 5.10 Å². The Kier molecular flexibility index (Phi) is 2.82. The van der Waals surface area contributed by atoms with Gasteiger partial charge in [0.15, 0.2) is 5.65 Å². The number of aromatic nitrogens is 3. The number of hydrogen-bond acceptors (Lipinski definition) is 2. The van der Waals surface area contributed by atoms with Crippen LogP contribution in [-0.4, -0.2) is 14.6 Å². The van der Waals surface area contributed by atoms with E-state index in [-0.39, 0.29) is 0 Å². The quantitative estimate of drug-likeness (QED) is 0.614. The Labute approximate surface area is 129 Å². The molecule has 3 aromatic rings. The fraction of sp³-hybridized carbons (Fsp3) is 0.200. The zero-order valence-electron chi connectivity index (χ0n) is 10.6. The van der Waals surface area contributed by atoms with Crippen molar-refractivity contribution >= 4 is 33.2 Å². The Bertz CT molecular complexity index is 825. The molecule has 1 aliphatic rings. The molecule has 0 saturated heterocycles. The van der Waals surface area contributed by atoms with Crippen molar-refractivity contribution in [1.82, 2.24) is 14.6 Å². The van der Waals surface area contributed by atoms with E-state index in [9.17, 15) is 0 Å². The molecule has 2 heterocycles. The van der Waals surface area contributed by atoms with Gasteiger partial charge in [-0.25, -0.2) is 9.50 Å². The van der Waals surface area contributed by atoms with Crippen molar-refractivity contribution < 1.29 is 0 Å². The van der Waals surface area contributed by atoms with E-state index in [0.717, 1.165) is 51.8 Å². The standard InChI is InChI=1S/C15H11BrClN3/c16-10-4-1-3-9(7-10)12-8-18-20-14(17)11-5-2-6-13(11)19-15(12)20/h1,3-4,7-8H,2,5-6H2. The minimum atomic E-state index is 0.712. The zero-order valence-corrected chi connectivity index (χ0v) is 12.9. The third-order valence-electron chi connectivity index (χ3n) is 3.74. The maximum absolute atomic E-state index is 6.47. The summed E-state index contributed by atoms with van der Waals surface area (Å²) in [5.74, 6) is 0. The van der Waals surface area contributed by atoms with Gasteiger partial charge in [0.25, 0.3) is 0 Å². The molecule has 1 aliphatic carbocycles. The molecule has 0 spiro atoms. The van der Waals surface area contributed by atoms with Crippen LogP contribution in [0.25, 0.3) is 16.8 Å². The first kappa shape index (κ1) is 12.4. The van der Waals surface area contributed by atoms with Gasteiger partial charge < -0.3 is 0 Å². The summed E-state index contributed by atoms with van der Waals surface area (Å²) in [5.41, 5.74) is 5.23. The van der Waals surface area contributed by atoms with E-state index in [1.54, 1.807) is 4.52 Å². The summed E-state index contributed by atoms with van der Waals surface area (Å²) >= 11 is 9.97. The molecule has 2 aromatic heterocycles. The number of benzene rings is 1. The molecule has 0 N–H and O–H groups in total. The maximum Gasteiger partial charge on any atom is 0.164 e. The second-order valence-corrected chi connectivity index (χ2v) is 6.26. The van der Waals surface area contributed by atoms with Crippen LogP contribution < -0.4 is 0 Å². The van der Waals surface area contributed by atoms with Crippen LogP contribution in [0.2, 0.25) is 5.15 Å². The average Bonchev–Trinajstić information content (AvgIpc) is 3.05. The molecule has 0 amide bonds. The summed E-state index contributed by atoms with van der Waals surface area (Å²) < 4.78 is 2.80. The van der Waals surface area contributed by atoms with Crippen molar-refractivity contribution in [3.63, 3.8) is 0 Å². The van der Waals surface area contributed by atoms with Crippen molar-refractivity contribution in [2.75, 3.05) is 0 Å². The lowest BCUT2D eigenvalue weighted by molar-refractivity contribution is 0.900. The molecule has 0 bridgehead atoms. The van der Waals surface area contributed by atoms with Crippen LogP contribution in [0.15, 0.2) is 34.9 Å².